The van der Waals surface area contributed by atoms with Crippen molar-refractivity contribution in [1.82, 2.24) is 9.13 Å². The first-order chi connectivity index (χ1) is 32.7. The summed E-state index contributed by atoms with van der Waals surface area (Å²) in [6.45, 7) is 0.123. The summed E-state index contributed by atoms with van der Waals surface area (Å²) in [7, 11) is 0. The van der Waals surface area contributed by atoms with E-state index < -0.39 is 0 Å². The number of hydrogen-bond donors (Lipinski definition) is 0. The van der Waals surface area contributed by atoms with Crippen LogP contribution in [0.5, 0.6) is 0 Å². The van der Waals surface area contributed by atoms with Crippen molar-refractivity contribution in [1.29, 1.82) is 0 Å². The second kappa shape index (κ2) is 14.1. The van der Waals surface area contributed by atoms with Gasteiger partial charge in [0.2, 0.25) is 6.71 Å². The van der Waals surface area contributed by atoms with Crippen LogP contribution >= 0.6 is 34.9 Å². The van der Waals surface area contributed by atoms with Crippen LogP contribution in [0.25, 0.3) is 97.4 Å². The van der Waals surface area contributed by atoms with Gasteiger partial charge in [-0.1, -0.05) is 192 Å². The molecule has 2 aliphatic heterocycles. The van der Waals surface area contributed by atoms with Gasteiger partial charge in [-0.2, -0.15) is 0 Å². The minimum absolute atomic E-state index is 0.123. The fourth-order valence-corrected chi connectivity index (χ4v) is 15.0. The highest BCUT2D eigenvalue weighted by Crippen LogP contribution is 2.52. The number of benzene rings is 10. The van der Waals surface area contributed by atoms with Gasteiger partial charge in [-0.25, -0.2) is 0 Å². The zero-order valence-corrected chi connectivity index (χ0v) is 37.9. The topological polar surface area (TPSA) is 9.86 Å². The summed E-state index contributed by atoms with van der Waals surface area (Å²) in [5.74, 6) is 0. The van der Waals surface area contributed by atoms with Crippen LogP contribution in [0.15, 0.2) is 232 Å². The zero-order chi connectivity index (χ0) is 43.0. The van der Waals surface area contributed by atoms with Gasteiger partial charge in [0.05, 0.1) is 22.1 Å². The fourth-order valence-electron chi connectivity index (χ4n) is 11.2. The summed E-state index contributed by atoms with van der Waals surface area (Å²) >= 11 is 5.81. The van der Waals surface area contributed by atoms with E-state index in [1.807, 2.05) is 34.9 Å². The van der Waals surface area contributed by atoms with E-state index in [9.17, 15) is 0 Å². The van der Waals surface area contributed by atoms with E-state index in [4.69, 9.17) is 0 Å². The predicted octanol–water partition coefficient (Wildman–Crippen LogP) is 15.0. The zero-order valence-electron chi connectivity index (χ0n) is 35.4. The Balaban J connectivity index is 1.07. The Labute approximate surface area is 393 Å². The Morgan fingerprint density at radius 1 is 0.348 bits per heavy atom. The molecule has 0 fully saturated rings. The fraction of sp³-hybridized carbons (Fsp3) is 0. The molecule has 0 atom stereocenters. The van der Waals surface area contributed by atoms with Crippen LogP contribution in [0.3, 0.4) is 0 Å². The van der Waals surface area contributed by atoms with Crippen LogP contribution < -0.4 is 16.4 Å². The average Bonchev–Trinajstić information content (AvgIpc) is 4.05. The monoisotopic (exact) mass is 890 g/mol. The minimum atomic E-state index is 0.123. The van der Waals surface area contributed by atoms with Crippen molar-refractivity contribution >= 4 is 122 Å². The highest BCUT2D eigenvalue weighted by atomic mass is 32.2. The number of rotatable bonds is 4. The molecule has 0 saturated heterocycles. The molecule has 15 rings (SSSR count). The molecule has 0 bridgehead atoms. The third-order valence-corrected chi connectivity index (χ3v) is 17.4. The maximum atomic E-state index is 2.62. The molecule has 13 aromatic rings. The molecule has 2 nitrogen and oxygen atoms in total. The van der Waals surface area contributed by atoms with Gasteiger partial charge in [-0.05, 0) is 82.3 Å². The van der Waals surface area contributed by atoms with E-state index in [0.717, 1.165) is 0 Å². The van der Waals surface area contributed by atoms with Crippen molar-refractivity contribution in [3.8, 4) is 33.6 Å². The predicted molar refractivity (Wildman–Crippen MR) is 285 cm³/mol. The summed E-state index contributed by atoms with van der Waals surface area (Å²) in [5.41, 5.74) is 16.5. The molecule has 0 N–H and O–H groups in total. The Morgan fingerprint density at radius 2 is 0.818 bits per heavy atom. The molecular formula is C60H35BN2S3. The van der Waals surface area contributed by atoms with Gasteiger partial charge in [0, 0.05) is 72.7 Å². The molecule has 0 amide bonds. The largest absolute Gasteiger partial charge is 0.308 e. The minimum Gasteiger partial charge on any atom is -0.308 e. The van der Waals surface area contributed by atoms with E-state index in [1.54, 1.807) is 0 Å². The number of fused-ring (bicyclic) bond motifs is 16. The van der Waals surface area contributed by atoms with Crippen molar-refractivity contribution in [2.24, 2.45) is 0 Å². The third-order valence-electron chi connectivity index (χ3n) is 14.0. The molecule has 0 aliphatic carbocycles. The summed E-state index contributed by atoms with van der Waals surface area (Å²) in [6, 6.07) is 79.2. The molecule has 6 heteroatoms. The Morgan fingerprint density at radius 3 is 1.41 bits per heavy atom. The Hall–Kier alpha value is -7.22. The van der Waals surface area contributed by atoms with Crippen molar-refractivity contribution in [3.63, 3.8) is 0 Å². The first kappa shape index (κ1) is 37.1. The molecule has 2 aliphatic rings. The van der Waals surface area contributed by atoms with E-state index in [2.05, 4.69) is 221 Å². The Kier molecular flexibility index (Phi) is 7.94. The van der Waals surface area contributed by atoms with Crippen molar-refractivity contribution in [3.05, 3.63) is 212 Å². The summed E-state index contributed by atoms with van der Waals surface area (Å²) in [5, 5.41) is 7.79. The number of nitrogens with zero attached hydrogens (tertiary/aromatic N) is 2. The van der Waals surface area contributed by atoms with Gasteiger partial charge in [-0.3, -0.25) is 0 Å². The van der Waals surface area contributed by atoms with Crippen LogP contribution in [0.2, 0.25) is 0 Å². The third kappa shape index (κ3) is 5.23. The molecule has 306 valence electrons. The van der Waals surface area contributed by atoms with E-state index >= 15 is 0 Å². The van der Waals surface area contributed by atoms with Crippen molar-refractivity contribution in [2.45, 2.75) is 19.6 Å². The van der Waals surface area contributed by atoms with Gasteiger partial charge in [-0.15, -0.1) is 11.3 Å². The van der Waals surface area contributed by atoms with E-state index in [-0.39, 0.29) is 6.71 Å². The first-order valence-corrected chi connectivity index (χ1v) is 25.0. The molecule has 0 saturated carbocycles. The molecule has 0 radical (unpaired) electrons. The maximum Gasteiger partial charge on any atom is 0.247 e. The summed E-state index contributed by atoms with van der Waals surface area (Å²) < 4.78 is 7.79. The quantitative estimate of drug-likeness (QED) is 0.163. The van der Waals surface area contributed by atoms with Gasteiger partial charge in [0.1, 0.15) is 0 Å². The standard InChI is InChI=1S/C60H35BN2S3/c1-4-16-36(17-5-1)38-28-30-45-50(32-38)64-52-34-41(35-53-57(52)61(45)46-31-29-39(33-51(46)65-53)37-18-6-2-7-19-37)63-47-25-13-10-22-42(47)54-58-55(60-56(59(54)63)44-24-12-15-27-49(44)66-60)43-23-11-14-26-48(43)62(58)40-20-8-3-9-21-40/h1-35H. The highest BCUT2D eigenvalue weighted by molar-refractivity contribution is 8.01. The van der Waals surface area contributed by atoms with Gasteiger partial charge < -0.3 is 9.13 Å². The lowest BCUT2D eigenvalue weighted by atomic mass is 9.36. The first-order valence-electron chi connectivity index (χ1n) is 22.5. The number of para-hydroxylation sites is 3. The van der Waals surface area contributed by atoms with E-state index in [0.29, 0.717) is 0 Å². The smallest absolute Gasteiger partial charge is 0.247 e. The highest BCUT2D eigenvalue weighted by Gasteiger charge is 2.39. The summed E-state index contributed by atoms with van der Waals surface area (Å²) in [4.78, 5) is 5.30. The van der Waals surface area contributed by atoms with Crippen LogP contribution in [-0.4, -0.2) is 15.8 Å². The van der Waals surface area contributed by atoms with Gasteiger partial charge >= 0.3 is 0 Å². The van der Waals surface area contributed by atoms with E-state index in [1.165, 1.54) is 133 Å². The molecule has 0 spiro atoms. The molecule has 5 heterocycles. The lowest BCUT2D eigenvalue weighted by Crippen LogP contribution is -2.58. The normalized spacial score (nSPS) is 13.0. The van der Waals surface area contributed by atoms with Crippen LogP contribution in [-0.2, 0) is 0 Å². The molecular weight excluding hydrogens is 856 g/mol. The van der Waals surface area contributed by atoms with Gasteiger partial charge in [0.15, 0.2) is 0 Å². The molecule has 10 aromatic carbocycles. The SMILES string of the molecule is c1ccc(-c2ccc3c(c2)Sc2cc(-n4c5ccccc5c5c6c(c7ccccc7n6-c6ccccc6)c6sc7ccccc7c6c54)cc4c2B3c2ccc(-c3ccccc3)cc2S4)cc1. The lowest BCUT2D eigenvalue weighted by molar-refractivity contribution is 1.15. The number of thiophene rings is 1. The second-order valence-corrected chi connectivity index (χ2v) is 20.7. The molecule has 3 aromatic heterocycles. The average molecular weight is 891 g/mol. The number of aromatic nitrogens is 2. The van der Waals surface area contributed by atoms with Crippen LogP contribution in [0.1, 0.15) is 0 Å². The number of hydrogen-bond acceptors (Lipinski definition) is 3. The van der Waals surface area contributed by atoms with Crippen LogP contribution in [0, 0.1) is 0 Å². The van der Waals surface area contributed by atoms with Gasteiger partial charge in [0.25, 0.3) is 0 Å². The maximum absolute atomic E-state index is 2.62. The second-order valence-electron chi connectivity index (χ2n) is 17.5. The molecule has 66 heavy (non-hydrogen) atoms. The van der Waals surface area contributed by atoms with Crippen LogP contribution in [0.4, 0.5) is 0 Å². The molecule has 0 unspecified atom stereocenters. The van der Waals surface area contributed by atoms with Crippen molar-refractivity contribution in [2.75, 3.05) is 0 Å². The van der Waals surface area contributed by atoms with Crippen molar-refractivity contribution < 1.29 is 0 Å². The lowest BCUT2D eigenvalue weighted by Gasteiger charge is -2.34. The Bertz CT molecular complexity index is 4050. The summed E-state index contributed by atoms with van der Waals surface area (Å²) in [6.07, 6.45) is 0.